The zero-order valence-corrected chi connectivity index (χ0v) is 14.7. The third-order valence-corrected chi connectivity index (χ3v) is 5.29. The van der Waals surface area contributed by atoms with E-state index in [-0.39, 0.29) is 11.8 Å². The summed E-state index contributed by atoms with van der Waals surface area (Å²) in [5.74, 6) is 1.94. The lowest BCUT2D eigenvalue weighted by Gasteiger charge is -2.25. The molecule has 7 heteroatoms. The molecule has 25 heavy (non-hydrogen) atoms. The molecule has 2 aromatic rings. The highest BCUT2D eigenvalue weighted by Crippen LogP contribution is 2.29. The fourth-order valence-electron chi connectivity index (χ4n) is 3.92. The molecule has 1 aromatic carbocycles. The van der Waals surface area contributed by atoms with Crippen molar-refractivity contribution in [3.63, 3.8) is 0 Å². The summed E-state index contributed by atoms with van der Waals surface area (Å²) in [6, 6.07) is 9.32. The van der Waals surface area contributed by atoms with Gasteiger partial charge >= 0.3 is 0 Å². The van der Waals surface area contributed by atoms with Crippen LogP contribution in [0.1, 0.15) is 19.9 Å². The van der Waals surface area contributed by atoms with Gasteiger partial charge < -0.3 is 10.2 Å². The van der Waals surface area contributed by atoms with E-state index in [1.54, 1.807) is 0 Å². The van der Waals surface area contributed by atoms with E-state index in [4.69, 9.17) is 0 Å². The van der Waals surface area contributed by atoms with Crippen molar-refractivity contribution in [3.8, 4) is 11.4 Å². The molecule has 0 bridgehead atoms. The molecule has 2 aliphatic heterocycles. The first-order valence-electron chi connectivity index (χ1n) is 8.98. The summed E-state index contributed by atoms with van der Waals surface area (Å²) < 4.78 is 0. The first-order valence-corrected chi connectivity index (χ1v) is 8.98. The molecule has 7 nitrogen and oxygen atoms in total. The van der Waals surface area contributed by atoms with Gasteiger partial charge in [-0.05, 0) is 23.0 Å². The van der Waals surface area contributed by atoms with Crippen LogP contribution in [-0.2, 0) is 4.79 Å². The Kier molecular flexibility index (Phi) is 4.25. The fraction of sp³-hybridized carbons (Fsp3) is 0.556. The van der Waals surface area contributed by atoms with Crippen LogP contribution >= 0.6 is 0 Å². The molecule has 3 atom stereocenters. The topological polar surface area (TPSA) is 75.9 Å². The molecule has 2 fully saturated rings. The van der Waals surface area contributed by atoms with E-state index < -0.39 is 6.04 Å². The quantitative estimate of drug-likeness (QED) is 0.905. The van der Waals surface area contributed by atoms with Gasteiger partial charge in [-0.25, -0.2) is 0 Å². The van der Waals surface area contributed by atoms with Gasteiger partial charge in [0.1, 0.15) is 0 Å². The number of amides is 1. The minimum Gasteiger partial charge on any atom is -0.340 e. The second kappa shape index (κ2) is 6.55. The van der Waals surface area contributed by atoms with Crippen LogP contribution in [-0.4, -0.2) is 57.2 Å². The summed E-state index contributed by atoms with van der Waals surface area (Å²) in [6.45, 7) is 7.76. The van der Waals surface area contributed by atoms with E-state index in [0.717, 1.165) is 31.7 Å². The maximum absolute atomic E-state index is 13.1. The van der Waals surface area contributed by atoms with E-state index in [1.807, 2.05) is 49.1 Å². The van der Waals surface area contributed by atoms with Crippen molar-refractivity contribution in [1.29, 1.82) is 0 Å². The number of tetrazole rings is 1. The van der Waals surface area contributed by atoms with E-state index >= 15 is 0 Å². The second-order valence-electron chi connectivity index (χ2n) is 7.41. The summed E-state index contributed by atoms with van der Waals surface area (Å²) in [4.78, 5) is 16.6. The number of aromatic nitrogens is 4. The Labute approximate surface area is 147 Å². The number of benzene rings is 1. The maximum Gasteiger partial charge on any atom is 0.249 e. The first-order chi connectivity index (χ1) is 12.1. The van der Waals surface area contributed by atoms with Crippen LogP contribution in [0.5, 0.6) is 0 Å². The standard InChI is InChI=1S/C18H24N6O/c1-12(2)16(18(25)23-10-14-8-19-9-15(14)11-23)24-21-17(20-22-24)13-6-4-3-5-7-13/h3-7,12,14-16,19H,8-11H2,1-2H3/t14-,15+,16?. The van der Waals surface area contributed by atoms with E-state index in [1.165, 1.54) is 4.80 Å². The molecule has 1 aromatic heterocycles. The average Bonchev–Trinajstić information content (AvgIpc) is 3.31. The van der Waals surface area contributed by atoms with Crippen LogP contribution in [0.3, 0.4) is 0 Å². The Morgan fingerprint density at radius 2 is 1.84 bits per heavy atom. The van der Waals surface area contributed by atoms with Gasteiger partial charge in [-0.2, -0.15) is 4.80 Å². The highest BCUT2D eigenvalue weighted by molar-refractivity contribution is 5.81. The van der Waals surface area contributed by atoms with Crippen LogP contribution in [0.15, 0.2) is 30.3 Å². The normalized spacial score (nSPS) is 23.9. The van der Waals surface area contributed by atoms with Crippen LogP contribution in [0.25, 0.3) is 11.4 Å². The minimum atomic E-state index is -0.406. The van der Waals surface area contributed by atoms with Gasteiger partial charge in [-0.15, -0.1) is 10.2 Å². The summed E-state index contributed by atoms with van der Waals surface area (Å²) >= 11 is 0. The lowest BCUT2D eigenvalue weighted by Crippen LogP contribution is -2.40. The second-order valence-corrected chi connectivity index (χ2v) is 7.41. The van der Waals surface area contributed by atoms with Gasteiger partial charge in [0.05, 0.1) is 0 Å². The summed E-state index contributed by atoms with van der Waals surface area (Å²) in [5, 5.41) is 16.3. The monoisotopic (exact) mass is 340 g/mol. The van der Waals surface area contributed by atoms with Crippen molar-refractivity contribution >= 4 is 5.91 Å². The lowest BCUT2D eigenvalue weighted by molar-refractivity contribution is -0.136. The molecule has 1 amide bonds. The Morgan fingerprint density at radius 1 is 1.16 bits per heavy atom. The van der Waals surface area contributed by atoms with Crippen molar-refractivity contribution in [2.24, 2.45) is 17.8 Å². The molecule has 0 saturated carbocycles. The number of hydrogen-bond acceptors (Lipinski definition) is 5. The molecule has 0 radical (unpaired) electrons. The van der Waals surface area contributed by atoms with Crippen LogP contribution in [0, 0.1) is 17.8 Å². The number of nitrogens with zero attached hydrogens (tertiary/aromatic N) is 5. The zero-order valence-electron chi connectivity index (χ0n) is 14.7. The number of fused-ring (bicyclic) bond motifs is 1. The Morgan fingerprint density at radius 3 is 2.48 bits per heavy atom. The Balaban J connectivity index is 1.55. The third kappa shape index (κ3) is 3.04. The van der Waals surface area contributed by atoms with E-state index in [9.17, 15) is 4.79 Å². The van der Waals surface area contributed by atoms with Crippen molar-refractivity contribution < 1.29 is 4.79 Å². The summed E-state index contributed by atoms with van der Waals surface area (Å²) in [5.41, 5.74) is 0.908. The number of rotatable bonds is 4. The SMILES string of the molecule is CC(C)C(C(=O)N1C[C@H]2CNC[C@H]2C1)n1nnc(-c2ccccc2)n1. The summed E-state index contributed by atoms with van der Waals surface area (Å²) in [6.07, 6.45) is 0. The predicted octanol–water partition coefficient (Wildman–Crippen LogP) is 1.21. The maximum atomic E-state index is 13.1. The molecular formula is C18H24N6O. The van der Waals surface area contributed by atoms with Crippen molar-refractivity contribution in [2.45, 2.75) is 19.9 Å². The van der Waals surface area contributed by atoms with Crippen LogP contribution in [0.2, 0.25) is 0 Å². The Hall–Kier alpha value is -2.28. The highest BCUT2D eigenvalue weighted by atomic mass is 16.2. The van der Waals surface area contributed by atoms with Gasteiger partial charge in [0, 0.05) is 31.7 Å². The predicted molar refractivity (Wildman–Crippen MR) is 93.6 cm³/mol. The van der Waals surface area contributed by atoms with E-state index in [2.05, 4.69) is 20.7 Å². The Bertz CT molecular complexity index is 731. The molecule has 2 aliphatic rings. The molecule has 2 saturated heterocycles. The van der Waals surface area contributed by atoms with Gasteiger partial charge in [0.2, 0.25) is 11.7 Å². The molecule has 3 heterocycles. The molecule has 4 rings (SSSR count). The van der Waals surface area contributed by atoms with Crippen molar-refractivity contribution in [2.75, 3.05) is 26.2 Å². The molecule has 132 valence electrons. The number of carbonyl (C=O) groups is 1. The lowest BCUT2D eigenvalue weighted by atomic mass is 10.0. The third-order valence-electron chi connectivity index (χ3n) is 5.29. The molecule has 0 aliphatic carbocycles. The van der Waals surface area contributed by atoms with Crippen LogP contribution < -0.4 is 5.32 Å². The van der Waals surface area contributed by atoms with Gasteiger partial charge in [0.25, 0.3) is 0 Å². The number of carbonyl (C=O) groups excluding carboxylic acids is 1. The number of nitrogens with one attached hydrogen (secondary N) is 1. The summed E-state index contributed by atoms with van der Waals surface area (Å²) in [7, 11) is 0. The average molecular weight is 340 g/mol. The van der Waals surface area contributed by atoms with Gasteiger partial charge in [0.15, 0.2) is 6.04 Å². The van der Waals surface area contributed by atoms with Crippen LogP contribution in [0.4, 0.5) is 0 Å². The molecular weight excluding hydrogens is 316 g/mol. The fourth-order valence-corrected chi connectivity index (χ4v) is 3.92. The molecule has 1 unspecified atom stereocenters. The first kappa shape index (κ1) is 16.2. The number of likely N-dealkylation sites (tertiary alicyclic amines) is 1. The number of hydrogen-bond donors (Lipinski definition) is 1. The minimum absolute atomic E-state index is 0.101. The largest absolute Gasteiger partial charge is 0.340 e. The van der Waals surface area contributed by atoms with E-state index in [0.29, 0.717) is 17.7 Å². The van der Waals surface area contributed by atoms with Crippen molar-refractivity contribution in [3.05, 3.63) is 30.3 Å². The molecule has 1 N–H and O–H groups in total. The van der Waals surface area contributed by atoms with Crippen molar-refractivity contribution in [1.82, 2.24) is 30.4 Å². The zero-order chi connectivity index (χ0) is 17.4. The molecule has 0 spiro atoms. The van der Waals surface area contributed by atoms with Gasteiger partial charge in [-0.1, -0.05) is 44.2 Å². The highest BCUT2D eigenvalue weighted by Gasteiger charge is 2.41. The van der Waals surface area contributed by atoms with Gasteiger partial charge in [-0.3, -0.25) is 4.79 Å². The smallest absolute Gasteiger partial charge is 0.249 e.